The minimum Gasteiger partial charge on any atom is -0.382 e. The molecule has 0 radical (unpaired) electrons. The molecule has 5 fully saturated rings. The molecule has 1 N–H and O–H groups in total. The number of benzene rings is 1. The van der Waals surface area contributed by atoms with E-state index in [4.69, 9.17) is 20.9 Å². The first-order valence-electron chi connectivity index (χ1n) is 12.1. The van der Waals surface area contributed by atoms with Crippen LogP contribution in [0, 0.1) is 18.3 Å². The fourth-order valence-corrected chi connectivity index (χ4v) is 6.34. The van der Waals surface area contributed by atoms with Crippen LogP contribution in [0.2, 0.25) is 0 Å². The van der Waals surface area contributed by atoms with Gasteiger partial charge in [-0.15, -0.1) is 6.42 Å². The Labute approximate surface area is 195 Å². The number of aromatic nitrogens is 1. The average Bonchev–Trinajstić information content (AvgIpc) is 3.50. The van der Waals surface area contributed by atoms with Crippen LogP contribution in [0.5, 0.6) is 0 Å². The summed E-state index contributed by atoms with van der Waals surface area (Å²) in [7, 11) is 0. The predicted octanol–water partition coefficient (Wildman–Crippen LogP) is 2.54. The Bertz CT molecular complexity index is 1050. The minimum absolute atomic E-state index is 0.154. The standard InChI is InChI=1S/C27H31N3O3/c1-2-24-27(31,21-10-13-29(24)14-11-21)22-8-9-25(28-23(22)18-20-6-4-3-5-7-20)30-15-12-26(19-30)32-16-17-33-26/h1,3-9,21,24,31H,10-19H2/t24?,27-/m1/s1. The Kier molecular flexibility index (Phi) is 5.19. The van der Waals surface area contributed by atoms with Crippen LogP contribution in [0.15, 0.2) is 42.5 Å². The smallest absolute Gasteiger partial charge is 0.187 e. The highest BCUT2D eigenvalue weighted by Gasteiger charge is 2.54. The van der Waals surface area contributed by atoms with Crippen LogP contribution in [-0.4, -0.2) is 66.2 Å². The van der Waals surface area contributed by atoms with Gasteiger partial charge in [0.1, 0.15) is 17.5 Å². The molecular weight excluding hydrogens is 414 g/mol. The summed E-state index contributed by atoms with van der Waals surface area (Å²) < 4.78 is 11.8. The number of rotatable bonds is 4. The molecule has 2 aromatic rings. The van der Waals surface area contributed by atoms with Crippen LogP contribution in [0.3, 0.4) is 0 Å². The number of hydrogen-bond acceptors (Lipinski definition) is 6. The molecule has 1 aromatic carbocycles. The highest BCUT2D eigenvalue weighted by Crippen LogP contribution is 2.48. The Morgan fingerprint density at radius 1 is 1.06 bits per heavy atom. The molecule has 6 heteroatoms. The lowest BCUT2D eigenvalue weighted by molar-refractivity contribution is -0.143. The monoisotopic (exact) mass is 445 g/mol. The number of anilines is 1. The van der Waals surface area contributed by atoms with Crippen molar-refractivity contribution in [2.24, 2.45) is 5.92 Å². The number of pyridine rings is 1. The summed E-state index contributed by atoms with van der Waals surface area (Å²) in [5, 5.41) is 12.2. The van der Waals surface area contributed by atoms with Crippen molar-refractivity contribution < 1.29 is 14.6 Å². The second kappa shape index (κ2) is 8.11. The molecule has 0 saturated carbocycles. The normalized spacial score (nSPS) is 32.4. The zero-order valence-corrected chi connectivity index (χ0v) is 18.9. The van der Waals surface area contributed by atoms with Gasteiger partial charge in [-0.3, -0.25) is 4.90 Å². The van der Waals surface area contributed by atoms with Crippen molar-refractivity contribution in [1.82, 2.24) is 9.88 Å². The van der Waals surface area contributed by atoms with Crippen LogP contribution in [0.1, 0.15) is 36.1 Å². The van der Waals surface area contributed by atoms with Gasteiger partial charge in [0.2, 0.25) is 0 Å². The summed E-state index contributed by atoms with van der Waals surface area (Å²) >= 11 is 0. The van der Waals surface area contributed by atoms with Crippen LogP contribution < -0.4 is 4.90 Å². The molecule has 6 heterocycles. The fraction of sp³-hybridized carbons (Fsp3) is 0.519. The summed E-state index contributed by atoms with van der Waals surface area (Å²) in [4.78, 5) is 9.65. The van der Waals surface area contributed by atoms with E-state index in [1.54, 1.807) is 0 Å². The summed E-state index contributed by atoms with van der Waals surface area (Å²) in [5.41, 5.74) is 1.88. The average molecular weight is 446 g/mol. The van der Waals surface area contributed by atoms with Crippen molar-refractivity contribution in [1.29, 1.82) is 0 Å². The van der Waals surface area contributed by atoms with Gasteiger partial charge in [-0.25, -0.2) is 4.98 Å². The van der Waals surface area contributed by atoms with Gasteiger partial charge in [0, 0.05) is 24.9 Å². The van der Waals surface area contributed by atoms with E-state index in [-0.39, 0.29) is 12.0 Å². The van der Waals surface area contributed by atoms with E-state index in [0.717, 1.165) is 56.0 Å². The molecule has 6 nitrogen and oxygen atoms in total. The third-order valence-corrected chi connectivity index (χ3v) is 8.03. The number of hydrogen-bond donors (Lipinski definition) is 1. The third kappa shape index (κ3) is 3.46. The number of ether oxygens (including phenoxy) is 2. The summed E-state index contributed by atoms with van der Waals surface area (Å²) in [6.07, 6.45) is 9.41. The summed E-state index contributed by atoms with van der Waals surface area (Å²) in [6.45, 7) is 4.73. The first kappa shape index (κ1) is 21.1. The lowest BCUT2D eigenvalue weighted by Crippen LogP contribution is -2.63. The maximum Gasteiger partial charge on any atom is 0.187 e. The third-order valence-electron chi connectivity index (χ3n) is 8.03. The maximum absolute atomic E-state index is 12.2. The lowest BCUT2D eigenvalue weighted by Gasteiger charge is -2.54. The Balaban J connectivity index is 1.40. The van der Waals surface area contributed by atoms with E-state index in [1.807, 2.05) is 24.3 Å². The van der Waals surface area contributed by atoms with E-state index in [0.29, 0.717) is 26.2 Å². The zero-order chi connectivity index (χ0) is 22.5. The van der Waals surface area contributed by atoms with E-state index in [1.165, 1.54) is 5.56 Å². The van der Waals surface area contributed by atoms with Gasteiger partial charge in [-0.1, -0.05) is 42.3 Å². The largest absolute Gasteiger partial charge is 0.382 e. The van der Waals surface area contributed by atoms with Gasteiger partial charge in [0.05, 0.1) is 25.5 Å². The first-order chi connectivity index (χ1) is 16.1. The van der Waals surface area contributed by atoms with Crippen LogP contribution >= 0.6 is 0 Å². The lowest BCUT2D eigenvalue weighted by atomic mass is 9.66. The van der Waals surface area contributed by atoms with Crippen molar-refractivity contribution in [3.05, 3.63) is 59.3 Å². The van der Waals surface area contributed by atoms with Crippen molar-refractivity contribution in [3.8, 4) is 12.3 Å². The van der Waals surface area contributed by atoms with Gasteiger partial charge in [-0.05, 0) is 43.5 Å². The molecule has 0 aliphatic carbocycles. The molecule has 0 amide bonds. The van der Waals surface area contributed by atoms with Crippen molar-refractivity contribution in [2.45, 2.75) is 43.1 Å². The van der Waals surface area contributed by atoms with E-state index >= 15 is 0 Å². The van der Waals surface area contributed by atoms with Crippen LogP contribution in [0.25, 0.3) is 0 Å². The van der Waals surface area contributed by atoms with E-state index < -0.39 is 11.4 Å². The van der Waals surface area contributed by atoms with Crippen LogP contribution in [-0.2, 0) is 21.5 Å². The van der Waals surface area contributed by atoms with Crippen molar-refractivity contribution in [3.63, 3.8) is 0 Å². The molecule has 2 bridgehead atoms. The molecule has 172 valence electrons. The quantitative estimate of drug-likeness (QED) is 0.730. The number of piperidine rings is 3. The SMILES string of the molecule is C#CC1N2CCC(CC2)[C@@]1(O)c1ccc(N2CCC3(C2)OCCO3)nc1Cc1ccccc1. The predicted molar refractivity (Wildman–Crippen MR) is 126 cm³/mol. The van der Waals surface area contributed by atoms with Crippen molar-refractivity contribution in [2.75, 3.05) is 44.3 Å². The van der Waals surface area contributed by atoms with Gasteiger partial charge >= 0.3 is 0 Å². The van der Waals surface area contributed by atoms with Gasteiger partial charge in [-0.2, -0.15) is 0 Å². The van der Waals surface area contributed by atoms with E-state index in [9.17, 15) is 5.11 Å². The molecular formula is C27H31N3O3. The Hall–Kier alpha value is -2.43. The number of terminal acetylenes is 1. The summed E-state index contributed by atoms with van der Waals surface area (Å²) in [5.74, 6) is 3.48. The Morgan fingerprint density at radius 3 is 2.55 bits per heavy atom. The molecule has 1 aromatic heterocycles. The number of aliphatic hydroxyl groups is 1. The molecule has 33 heavy (non-hydrogen) atoms. The zero-order valence-electron chi connectivity index (χ0n) is 18.9. The number of nitrogens with zero attached hydrogens (tertiary/aromatic N) is 3. The maximum atomic E-state index is 12.2. The number of fused-ring (bicyclic) bond motifs is 3. The Morgan fingerprint density at radius 2 is 1.82 bits per heavy atom. The second-order valence-corrected chi connectivity index (χ2v) is 9.81. The van der Waals surface area contributed by atoms with E-state index in [2.05, 4.69) is 33.9 Å². The van der Waals surface area contributed by atoms with Gasteiger partial charge in [0.25, 0.3) is 0 Å². The molecule has 2 atom stereocenters. The van der Waals surface area contributed by atoms with Crippen LogP contribution in [0.4, 0.5) is 5.82 Å². The topological polar surface area (TPSA) is 58.1 Å². The van der Waals surface area contributed by atoms with Gasteiger partial charge < -0.3 is 19.5 Å². The molecule has 5 aliphatic heterocycles. The highest BCUT2D eigenvalue weighted by atomic mass is 16.7. The highest BCUT2D eigenvalue weighted by molar-refractivity contribution is 5.48. The van der Waals surface area contributed by atoms with Gasteiger partial charge in [0.15, 0.2) is 5.79 Å². The first-order valence-corrected chi connectivity index (χ1v) is 12.1. The second-order valence-electron chi connectivity index (χ2n) is 9.81. The minimum atomic E-state index is -1.08. The molecule has 1 unspecified atom stereocenters. The fourth-order valence-electron chi connectivity index (χ4n) is 6.34. The molecule has 5 saturated heterocycles. The molecule has 5 aliphatic rings. The molecule has 7 rings (SSSR count). The van der Waals surface area contributed by atoms with Crippen molar-refractivity contribution >= 4 is 5.82 Å². The summed E-state index contributed by atoms with van der Waals surface area (Å²) in [6, 6.07) is 14.1. The molecule has 1 spiro atoms.